The lowest BCUT2D eigenvalue weighted by Gasteiger charge is -2.27. The number of imidazole rings is 4. The van der Waals surface area contributed by atoms with E-state index in [4.69, 9.17) is 80.3 Å². The third kappa shape index (κ3) is 18.3. The summed E-state index contributed by atoms with van der Waals surface area (Å²) in [5, 5.41) is 12.0. The largest absolute Gasteiger partial charge is 0.478 e. The molecule has 5 aliphatic heterocycles. The lowest BCUT2D eigenvalue weighted by Crippen LogP contribution is -2.36. The van der Waals surface area contributed by atoms with Gasteiger partial charge in [-0.25, -0.2) is 33.5 Å². The predicted octanol–water partition coefficient (Wildman–Crippen LogP) is 17.2. The number of morpholine rings is 4. The molecule has 0 radical (unpaired) electrons. The van der Waals surface area contributed by atoms with E-state index in [0.717, 1.165) is 170 Å². The van der Waals surface area contributed by atoms with Crippen molar-refractivity contribution in [2.45, 2.75) is 45.2 Å². The Morgan fingerprint density at radius 1 is 0.375 bits per heavy atom. The molecule has 0 amide bonds. The molecule has 0 unspecified atom stereocenters. The molecule has 0 bridgehead atoms. The van der Waals surface area contributed by atoms with E-state index < -0.39 is 29.3 Å². The number of carboxylic acids is 1. The molecule has 112 heavy (non-hydrogen) atoms. The maximum Gasteiger partial charge on any atom is 0.417 e. The van der Waals surface area contributed by atoms with Crippen molar-refractivity contribution in [3.8, 4) is 56.2 Å². The van der Waals surface area contributed by atoms with Gasteiger partial charge in [0.25, 0.3) is 0 Å². The van der Waals surface area contributed by atoms with Gasteiger partial charge in [0, 0.05) is 164 Å². The molecule has 18 rings (SSSR count). The highest BCUT2D eigenvalue weighted by atomic mass is 35.5. The summed E-state index contributed by atoms with van der Waals surface area (Å²) in [4.78, 5) is 42.2. The second-order valence-electron chi connectivity index (χ2n) is 27.9. The molecule has 5 aliphatic rings. The second kappa shape index (κ2) is 35.3. The smallest absolute Gasteiger partial charge is 0.417 e. The lowest BCUT2D eigenvalue weighted by atomic mass is 10.1. The van der Waals surface area contributed by atoms with E-state index in [2.05, 4.69) is 64.3 Å². The van der Waals surface area contributed by atoms with Crippen molar-refractivity contribution >= 4 is 80.6 Å². The number of fused-ring (bicyclic) bond motifs is 4. The number of hydrogen-bond acceptors (Lipinski definition) is 14. The Morgan fingerprint density at radius 3 is 1.04 bits per heavy atom. The normalized spacial score (nSPS) is 16.2. The van der Waals surface area contributed by atoms with Crippen molar-refractivity contribution in [3.05, 3.63) is 254 Å². The average molecular weight is 1600 g/mol. The maximum atomic E-state index is 14.4. The first-order valence-corrected chi connectivity index (χ1v) is 38.7. The number of ether oxygens (including phenoxy) is 4. The minimum Gasteiger partial charge on any atom is -0.478 e. The van der Waals surface area contributed by atoms with E-state index in [9.17, 15) is 31.9 Å². The number of carboxylic acid groups (broad SMARTS) is 1. The Kier molecular flexibility index (Phi) is 24.6. The summed E-state index contributed by atoms with van der Waals surface area (Å²) in [5.41, 5.74) is 15.3. The molecular weight excluding hydrogens is 1520 g/mol. The fourth-order valence-electron chi connectivity index (χ4n) is 14.6. The van der Waals surface area contributed by atoms with Gasteiger partial charge < -0.3 is 46.6 Å². The predicted molar refractivity (Wildman–Crippen MR) is 426 cm³/mol. The van der Waals surface area contributed by atoms with Crippen LogP contribution in [0.3, 0.4) is 0 Å². The number of benzene rings is 5. The summed E-state index contributed by atoms with van der Waals surface area (Å²) < 4.78 is 97.9. The van der Waals surface area contributed by atoms with Gasteiger partial charge >= 0.3 is 12.1 Å². The third-order valence-corrected chi connectivity index (χ3v) is 21.5. The van der Waals surface area contributed by atoms with Gasteiger partial charge in [-0.2, -0.15) is 13.2 Å². The zero-order valence-corrected chi connectivity index (χ0v) is 64.1. The molecule has 580 valence electrons. The Bertz CT molecular complexity index is 5410. The highest BCUT2D eigenvalue weighted by molar-refractivity contribution is 6.31. The molecule has 0 atom stereocenters. The molecule has 0 spiro atoms. The SMILES string of the molecule is Clc1ccc(-c2nc3ccc(N4CCCC4)cn3c2CN2CCOCC2)cc1.FC(F)(F)c1ccc2nc(-c3ccc(Cl)cc3)c(CN3CCOCC3)n2c1.Fc1cccc(F)c1-c1ccc2nc(-c3ccc(Cl)cc3)c(CN3CCOCC3)n2c1.O=C(O)c1ccc2nc(-c3ccc(Cl)cc3)c(CN3CCOCC3)n2c1. The van der Waals surface area contributed by atoms with Crippen molar-refractivity contribution in [3.63, 3.8) is 0 Å². The quantitative estimate of drug-likeness (QED) is 0.0965. The first-order valence-electron chi connectivity index (χ1n) is 37.2. The lowest BCUT2D eigenvalue weighted by molar-refractivity contribution is -0.137. The van der Waals surface area contributed by atoms with Gasteiger partial charge in [0.05, 0.1) is 121 Å². The first kappa shape index (κ1) is 77.9. The number of aromatic carboxylic acids is 1. The molecule has 13 heterocycles. The maximum absolute atomic E-state index is 14.4. The van der Waals surface area contributed by atoms with E-state index in [1.807, 2.05) is 81.6 Å². The fraction of sp³-hybridized carbons (Fsp3) is 0.298. The number of aromatic nitrogens is 8. The van der Waals surface area contributed by atoms with E-state index in [1.165, 1.54) is 48.5 Å². The zero-order chi connectivity index (χ0) is 77.4. The molecule has 5 saturated heterocycles. The molecule has 13 aromatic rings. The Morgan fingerprint density at radius 2 is 0.688 bits per heavy atom. The highest BCUT2D eigenvalue weighted by Crippen LogP contribution is 2.37. The fourth-order valence-corrected chi connectivity index (χ4v) is 15.1. The number of carbonyl (C=O) groups is 1. The van der Waals surface area contributed by atoms with Gasteiger partial charge in [0.1, 0.15) is 34.2 Å². The van der Waals surface area contributed by atoms with E-state index >= 15 is 0 Å². The first-order chi connectivity index (χ1) is 54.4. The summed E-state index contributed by atoms with van der Waals surface area (Å²) in [6.07, 6.45) is 4.94. The monoisotopic (exact) mass is 1600 g/mol. The topological polar surface area (TPSA) is 160 Å². The molecule has 19 nitrogen and oxygen atoms in total. The Labute approximate surface area is 663 Å². The summed E-state index contributed by atoms with van der Waals surface area (Å²) >= 11 is 24.2. The van der Waals surface area contributed by atoms with Crippen LogP contribution in [-0.4, -0.2) is 187 Å². The molecular formula is C84H80Cl4F5N13O6. The van der Waals surface area contributed by atoms with Crippen LogP contribution in [0.4, 0.5) is 27.6 Å². The summed E-state index contributed by atoms with van der Waals surface area (Å²) in [7, 11) is 0. The van der Waals surface area contributed by atoms with Gasteiger partial charge in [-0.1, -0.05) is 101 Å². The highest BCUT2D eigenvalue weighted by Gasteiger charge is 2.33. The Hall–Kier alpha value is -9.38. The second-order valence-corrected chi connectivity index (χ2v) is 29.6. The van der Waals surface area contributed by atoms with Gasteiger partial charge in [0.15, 0.2) is 0 Å². The van der Waals surface area contributed by atoms with Crippen molar-refractivity contribution in [2.24, 2.45) is 0 Å². The van der Waals surface area contributed by atoms with Gasteiger partial charge in [0.2, 0.25) is 0 Å². The molecule has 1 N–H and O–H groups in total. The van der Waals surface area contributed by atoms with Crippen LogP contribution in [0.25, 0.3) is 78.7 Å². The van der Waals surface area contributed by atoms with Crippen LogP contribution in [0.15, 0.2) is 189 Å². The molecule has 28 heteroatoms. The minimum absolute atomic E-state index is 0.0385. The third-order valence-electron chi connectivity index (χ3n) is 20.5. The van der Waals surface area contributed by atoms with Crippen LogP contribution < -0.4 is 4.90 Å². The number of nitrogens with zero attached hydrogens (tertiary/aromatic N) is 13. The summed E-state index contributed by atoms with van der Waals surface area (Å²) in [6, 6.07) is 47.8. The molecule has 5 fully saturated rings. The van der Waals surface area contributed by atoms with Crippen LogP contribution >= 0.6 is 46.4 Å². The zero-order valence-electron chi connectivity index (χ0n) is 61.1. The van der Waals surface area contributed by atoms with Gasteiger partial charge in [-0.05, 0) is 122 Å². The van der Waals surface area contributed by atoms with Gasteiger partial charge in [-0.15, -0.1) is 0 Å². The summed E-state index contributed by atoms with van der Waals surface area (Å²) in [5.74, 6) is -2.13. The van der Waals surface area contributed by atoms with Crippen LogP contribution in [0, 0.1) is 11.6 Å². The molecule has 0 saturated carbocycles. The number of rotatable bonds is 15. The van der Waals surface area contributed by atoms with Crippen LogP contribution in [0.5, 0.6) is 0 Å². The van der Waals surface area contributed by atoms with Gasteiger partial charge in [-0.3, -0.25) is 19.6 Å². The molecule has 5 aromatic carbocycles. The van der Waals surface area contributed by atoms with E-state index in [1.54, 1.807) is 53.2 Å². The molecule has 0 aliphatic carbocycles. The Balaban J connectivity index is 0.000000118. The van der Waals surface area contributed by atoms with Crippen LogP contribution in [0.1, 0.15) is 51.5 Å². The minimum atomic E-state index is -4.41. The number of hydrogen-bond donors (Lipinski definition) is 1. The number of halogens is 9. The number of pyridine rings is 4. The van der Waals surface area contributed by atoms with E-state index in [0.29, 0.717) is 96.9 Å². The van der Waals surface area contributed by atoms with E-state index in [-0.39, 0.29) is 11.1 Å². The van der Waals surface area contributed by atoms with Crippen molar-refractivity contribution < 1.29 is 50.8 Å². The standard InChI is InChI=1S/C24H20ClF2N3O.C22H25ClN4O.C19H17ClF3N3O.C19H18ClN3O3/c25-18-7-4-16(5-8-18)24-21(15-29-10-12-31-13-11-29)30-14-17(6-9-22(30)28-24)23-19(26)2-1-3-20(23)27;23-18-5-3-17(4-6-18)22-20(16-25-11-13-28-14-12-25)27-15-19(7-8-21(27)24-22)26-9-1-2-10-26;20-15-4-1-13(2-5-15)18-16(12-25-7-9-27-10-8-25)26-11-14(19(21,22)23)3-6-17(26)24-18;20-15-4-1-13(2-5-15)18-16(12-22-7-9-26-10-8-22)23-11-14(19(24)25)3-6-17(23)21-18/h1-9,14H,10-13,15H2;3-8,15H,1-2,9-14,16H2;1-6,11H,7-10,12H2;1-6,11H,7-10,12H2,(H,24,25). The number of anilines is 1. The van der Waals surface area contributed by atoms with Crippen molar-refractivity contribution in [1.29, 1.82) is 0 Å². The van der Waals surface area contributed by atoms with Crippen LogP contribution in [-0.2, 0) is 51.3 Å². The van der Waals surface area contributed by atoms with Crippen molar-refractivity contribution in [1.82, 2.24) is 57.1 Å². The van der Waals surface area contributed by atoms with Crippen molar-refractivity contribution in [2.75, 3.05) is 123 Å². The number of alkyl halides is 3. The average Bonchev–Trinajstić information content (AvgIpc) is 1.51. The van der Waals surface area contributed by atoms with Crippen LogP contribution in [0.2, 0.25) is 20.1 Å². The molecule has 8 aromatic heterocycles. The summed E-state index contributed by atoms with van der Waals surface area (Å²) in [6.45, 7) is 17.2.